The summed E-state index contributed by atoms with van der Waals surface area (Å²) in [5.41, 5.74) is -1.00. The minimum absolute atomic E-state index is 0. The first-order valence-electron chi connectivity index (χ1n) is 10.6. The number of rotatable bonds is 8. The van der Waals surface area contributed by atoms with Crippen LogP contribution in [0, 0.1) is 11.8 Å². The van der Waals surface area contributed by atoms with E-state index in [4.69, 9.17) is 10.2 Å². The molecule has 0 aromatic rings. The van der Waals surface area contributed by atoms with Crippen LogP contribution in [0.4, 0.5) is 26.3 Å². The van der Waals surface area contributed by atoms with Crippen LogP contribution in [0.2, 0.25) is 0 Å². The number of hydrogen-bond donors (Lipinski definition) is 2. The number of ketones is 2. The van der Waals surface area contributed by atoms with Gasteiger partial charge in [0.2, 0.25) is 0 Å². The second-order valence-electron chi connectivity index (χ2n) is 9.42. The fraction of sp³-hybridized carbons (Fsp3) is 0.818. The summed E-state index contributed by atoms with van der Waals surface area (Å²) in [4.78, 5) is 41.7. The molecular formula is C22H36F6O8Zr. The van der Waals surface area contributed by atoms with Gasteiger partial charge in [-0.15, -0.1) is 0 Å². The summed E-state index contributed by atoms with van der Waals surface area (Å²) in [6.45, 7) is 13.1. The predicted molar refractivity (Wildman–Crippen MR) is 113 cm³/mol. The summed E-state index contributed by atoms with van der Waals surface area (Å²) in [6.07, 6.45) is -13.1. The van der Waals surface area contributed by atoms with Crippen molar-refractivity contribution in [1.82, 2.24) is 0 Å². The largest absolute Gasteiger partial charge is 2.00 e. The second kappa shape index (κ2) is 19.7. The number of alkyl halides is 6. The van der Waals surface area contributed by atoms with Crippen molar-refractivity contribution < 1.29 is 92.2 Å². The molecule has 8 nitrogen and oxygen atoms in total. The van der Waals surface area contributed by atoms with Crippen molar-refractivity contribution in [3.05, 3.63) is 0 Å². The van der Waals surface area contributed by atoms with Gasteiger partial charge >= 0.3 is 38.6 Å². The van der Waals surface area contributed by atoms with E-state index in [1.54, 1.807) is 41.5 Å². The topological polar surface area (TPSA) is 155 Å². The number of aliphatic carboxylic acids is 2. The van der Waals surface area contributed by atoms with Gasteiger partial charge in [-0.25, -0.2) is 0 Å². The summed E-state index contributed by atoms with van der Waals surface area (Å²) in [7, 11) is 0. The fourth-order valence-corrected chi connectivity index (χ4v) is 1.69. The number of carbonyl (C=O) groups is 4. The van der Waals surface area contributed by atoms with E-state index in [1.807, 2.05) is 0 Å². The first-order chi connectivity index (χ1) is 15.6. The molecule has 0 aromatic heterocycles. The Hall–Kier alpha value is -1.34. The van der Waals surface area contributed by atoms with Gasteiger partial charge in [0.05, 0.1) is 35.0 Å². The quantitative estimate of drug-likeness (QED) is 0.304. The van der Waals surface area contributed by atoms with Crippen LogP contribution >= 0.6 is 0 Å². The Morgan fingerprint density at radius 1 is 0.622 bits per heavy atom. The van der Waals surface area contributed by atoms with Crippen LogP contribution in [0.3, 0.4) is 0 Å². The maximum Gasteiger partial charge on any atom is 2.00 e. The van der Waals surface area contributed by atoms with Crippen LogP contribution in [0.1, 0.15) is 81.1 Å². The third-order valence-corrected chi connectivity index (χ3v) is 2.91. The number of carboxylic acids is 2. The van der Waals surface area contributed by atoms with E-state index in [1.165, 1.54) is 13.8 Å². The van der Waals surface area contributed by atoms with Gasteiger partial charge < -0.3 is 30.0 Å². The number of halogens is 6. The van der Waals surface area contributed by atoms with Gasteiger partial charge in [-0.2, -0.15) is 26.3 Å². The standard InChI is InChI=1S/2C7H9F3O3.2C4H10O.Zr/c2*1-2-4(6(12)13)5(11)3-7(8,9)10;2*1-4(2,3)5;/h2*4H,2-3H2,1H3,(H,12,13);2*5H,1-3H3;/q;;;;+2/p-2. The van der Waals surface area contributed by atoms with Gasteiger partial charge in [-0.1, -0.05) is 13.8 Å². The van der Waals surface area contributed by atoms with Crippen molar-refractivity contribution >= 4 is 23.5 Å². The summed E-state index contributed by atoms with van der Waals surface area (Å²) in [6, 6.07) is 0. The smallest absolute Gasteiger partial charge is 0.549 e. The van der Waals surface area contributed by atoms with Crippen molar-refractivity contribution in [1.29, 1.82) is 0 Å². The number of carbonyl (C=O) groups excluding carboxylic acids is 4. The van der Waals surface area contributed by atoms with Gasteiger partial charge in [0, 0.05) is 0 Å². The Morgan fingerprint density at radius 3 is 0.865 bits per heavy atom. The molecule has 15 heteroatoms. The zero-order valence-corrected chi connectivity index (χ0v) is 24.6. The average molecular weight is 634 g/mol. The van der Waals surface area contributed by atoms with Gasteiger partial charge in [-0.3, -0.25) is 9.59 Å². The fourth-order valence-electron chi connectivity index (χ4n) is 1.69. The number of aliphatic hydroxyl groups is 2. The molecule has 0 aliphatic rings. The third-order valence-electron chi connectivity index (χ3n) is 2.91. The van der Waals surface area contributed by atoms with Gasteiger partial charge in [0.1, 0.15) is 12.8 Å². The minimum Gasteiger partial charge on any atom is -0.549 e. The van der Waals surface area contributed by atoms with Crippen molar-refractivity contribution in [2.45, 2.75) is 105 Å². The predicted octanol–water partition coefficient (Wildman–Crippen LogP) is 2.12. The second-order valence-corrected chi connectivity index (χ2v) is 9.42. The van der Waals surface area contributed by atoms with Crippen LogP contribution in [0.15, 0.2) is 0 Å². The molecule has 0 aliphatic carbocycles. The van der Waals surface area contributed by atoms with E-state index in [9.17, 15) is 55.7 Å². The maximum absolute atomic E-state index is 11.6. The molecule has 218 valence electrons. The molecule has 0 aliphatic heterocycles. The molecule has 0 radical (unpaired) electrons. The van der Waals surface area contributed by atoms with Crippen molar-refractivity contribution in [3.8, 4) is 0 Å². The Balaban J connectivity index is -0.000000133. The van der Waals surface area contributed by atoms with E-state index in [-0.39, 0.29) is 39.0 Å². The zero-order chi connectivity index (χ0) is 30.3. The molecule has 0 fully saturated rings. The monoisotopic (exact) mass is 632 g/mol. The molecule has 0 bridgehead atoms. The molecule has 0 spiro atoms. The number of carboxylic acid groups (broad SMARTS) is 2. The summed E-state index contributed by atoms with van der Waals surface area (Å²) >= 11 is 0. The van der Waals surface area contributed by atoms with Gasteiger partial charge in [0.15, 0.2) is 11.6 Å². The van der Waals surface area contributed by atoms with Crippen LogP contribution in [-0.2, 0) is 45.4 Å². The first kappa shape index (κ1) is 45.6. The Kier molecular flexibility index (Phi) is 24.3. The Bertz CT molecular complexity index is 611. The van der Waals surface area contributed by atoms with Crippen LogP contribution in [-0.4, -0.2) is 57.3 Å². The van der Waals surface area contributed by atoms with Crippen LogP contribution < -0.4 is 10.2 Å². The summed E-state index contributed by atoms with van der Waals surface area (Å²) < 4.78 is 69.8. The van der Waals surface area contributed by atoms with Gasteiger partial charge in [-0.05, 0) is 54.4 Å². The summed E-state index contributed by atoms with van der Waals surface area (Å²) in [5, 5.41) is 37.4. The average Bonchev–Trinajstić information content (AvgIpc) is 2.48. The van der Waals surface area contributed by atoms with Crippen molar-refractivity contribution in [2.75, 3.05) is 0 Å². The van der Waals surface area contributed by atoms with Crippen LogP contribution in [0.5, 0.6) is 0 Å². The SMILES string of the molecule is CC(C)(C)O.CC(C)(C)O.CCC(C(=O)[O-])C(=O)CC(F)(F)F.CCC(C(=O)[O-])C(=O)CC(F)(F)F.[Zr+2]. The Morgan fingerprint density at radius 2 is 0.784 bits per heavy atom. The maximum atomic E-state index is 11.6. The van der Waals surface area contributed by atoms with E-state index in [2.05, 4.69) is 0 Å². The van der Waals surface area contributed by atoms with Crippen LogP contribution in [0.25, 0.3) is 0 Å². The molecule has 0 heterocycles. The molecule has 0 saturated carbocycles. The van der Waals surface area contributed by atoms with Crippen molar-refractivity contribution in [3.63, 3.8) is 0 Å². The zero-order valence-electron chi connectivity index (χ0n) is 22.1. The van der Waals surface area contributed by atoms with E-state index >= 15 is 0 Å². The molecule has 0 rings (SSSR count). The first-order valence-corrected chi connectivity index (χ1v) is 10.6. The molecule has 2 N–H and O–H groups in total. The summed E-state index contributed by atoms with van der Waals surface area (Å²) in [5.74, 6) is -9.51. The minimum atomic E-state index is -4.65. The molecule has 37 heavy (non-hydrogen) atoms. The Labute approximate surface area is 231 Å². The van der Waals surface area contributed by atoms with Crippen molar-refractivity contribution in [2.24, 2.45) is 11.8 Å². The number of hydrogen-bond acceptors (Lipinski definition) is 8. The normalized spacial score (nSPS) is 13.0. The van der Waals surface area contributed by atoms with E-state index < -0.39 is 71.7 Å². The molecular weight excluding hydrogens is 597 g/mol. The molecule has 2 atom stereocenters. The molecule has 0 saturated heterocycles. The van der Waals surface area contributed by atoms with E-state index in [0.29, 0.717) is 0 Å². The van der Waals surface area contributed by atoms with Gasteiger partial charge in [0.25, 0.3) is 0 Å². The molecule has 2 unspecified atom stereocenters. The third kappa shape index (κ3) is 45.0. The van der Waals surface area contributed by atoms with E-state index in [0.717, 1.165) is 0 Å². The number of Topliss-reactive ketones (excluding diaryl/α,β-unsaturated/α-hetero) is 2. The molecule has 0 amide bonds. The molecule has 0 aromatic carbocycles.